The Balaban J connectivity index is 2.69. The topological polar surface area (TPSA) is 244 Å². The first-order valence-corrected chi connectivity index (χ1v) is 19.1. The number of carbonyl (C=O) groups is 4. The fourth-order valence-electron chi connectivity index (χ4n) is 7.40. The van der Waals surface area contributed by atoms with Gasteiger partial charge in [0.15, 0.2) is 5.96 Å². The largest absolute Gasteiger partial charge is 0.370 e. The van der Waals surface area contributed by atoms with Crippen molar-refractivity contribution in [2.45, 2.75) is 64.9 Å². The fourth-order valence-corrected chi connectivity index (χ4v) is 7.40. The van der Waals surface area contributed by atoms with E-state index in [1.165, 1.54) is 0 Å². The van der Waals surface area contributed by atoms with Crippen molar-refractivity contribution in [3.8, 4) is 0 Å². The van der Waals surface area contributed by atoms with Crippen molar-refractivity contribution in [3.05, 3.63) is 41.5 Å². The Kier molecular flexibility index (Phi) is 16.3. The van der Waals surface area contributed by atoms with Crippen LogP contribution in [0.2, 0.25) is 10.4 Å². The monoisotopic (exact) mass is 740 g/mol. The molecule has 55 heavy (non-hydrogen) atoms. The summed E-state index contributed by atoms with van der Waals surface area (Å²) < 4.78 is 0. The summed E-state index contributed by atoms with van der Waals surface area (Å²) in [6, 6.07) is 6.02. The molecule has 4 amide bonds. The lowest BCUT2D eigenvalue weighted by Crippen LogP contribution is -2.70. The van der Waals surface area contributed by atoms with Gasteiger partial charge in [0.2, 0.25) is 23.6 Å². The third-order valence-corrected chi connectivity index (χ3v) is 12.2. The average molecular weight is 738 g/mol. The Bertz CT molecular complexity index is 1730. The van der Waals surface area contributed by atoms with E-state index in [0.717, 1.165) is 38.4 Å². The van der Waals surface area contributed by atoms with E-state index in [-0.39, 0.29) is 31.8 Å². The molecule has 0 spiro atoms. The number of nitrogens with one attached hydrogen (secondary N) is 5. The van der Waals surface area contributed by atoms with Crippen molar-refractivity contribution in [2.75, 3.05) is 13.1 Å². The van der Waals surface area contributed by atoms with Gasteiger partial charge in [-0.1, -0.05) is 57.2 Å². The van der Waals surface area contributed by atoms with Crippen molar-refractivity contribution in [2.24, 2.45) is 22.9 Å². The maximum absolute atomic E-state index is 14.9. The van der Waals surface area contributed by atoms with Gasteiger partial charge in [-0.3, -0.25) is 24.6 Å². The van der Waals surface area contributed by atoms with E-state index in [4.69, 9.17) is 28.3 Å². The number of rotatable bonds is 19. The van der Waals surface area contributed by atoms with Crippen LogP contribution in [0.25, 0.3) is 0 Å². The Morgan fingerprint density at radius 1 is 0.745 bits per heavy atom. The minimum Gasteiger partial charge on any atom is -0.370 e. The predicted octanol–water partition coefficient (Wildman–Crippen LogP) is -16.8. The van der Waals surface area contributed by atoms with Crippen LogP contribution in [0.15, 0.2) is 30.3 Å². The molecule has 2 rings (SSSR count). The van der Waals surface area contributed by atoms with Crippen LogP contribution in [-0.4, -0.2) is 160 Å². The molecule has 0 aromatic heterocycles. The van der Waals surface area contributed by atoms with Crippen LogP contribution >= 0.6 is 0 Å². The molecule has 0 bridgehead atoms. The number of benzene rings is 2. The number of nitrogens with two attached hydrogens (primary N) is 4. The van der Waals surface area contributed by atoms with Crippen LogP contribution < -0.4 is 71.5 Å². The lowest BCUT2D eigenvalue weighted by molar-refractivity contribution is -0.134. The Hall–Kier alpha value is -3.71. The molecular formula is C30H57B12N9O4. The highest BCUT2D eigenvalue weighted by Gasteiger charge is 2.47. The lowest BCUT2D eigenvalue weighted by atomic mass is 9.27. The van der Waals surface area contributed by atoms with Crippen molar-refractivity contribution in [1.82, 2.24) is 21.3 Å². The van der Waals surface area contributed by atoms with E-state index in [1.54, 1.807) is 7.85 Å². The summed E-state index contributed by atoms with van der Waals surface area (Å²) >= 11 is 0. The Morgan fingerprint density at radius 2 is 1.27 bits per heavy atom. The predicted molar refractivity (Wildman–Crippen MR) is 259 cm³/mol. The molecule has 0 unspecified atom stereocenters. The quantitative estimate of drug-likeness (QED) is 0.0290. The van der Waals surface area contributed by atoms with E-state index in [2.05, 4.69) is 29.1 Å². The van der Waals surface area contributed by atoms with Crippen LogP contribution in [0.1, 0.15) is 30.4 Å². The molecule has 0 aliphatic carbocycles. The molecule has 0 saturated heterocycles. The van der Waals surface area contributed by atoms with Gasteiger partial charge in [-0.15, -0.1) is 16.4 Å². The van der Waals surface area contributed by atoms with Gasteiger partial charge in [-0.2, -0.15) is 0 Å². The summed E-state index contributed by atoms with van der Waals surface area (Å²) in [6.07, 6.45) is 0.923. The maximum Gasteiger partial charge on any atom is 0.243 e. The van der Waals surface area contributed by atoms with Crippen LogP contribution in [0.4, 0.5) is 0 Å². The molecule has 0 aliphatic heterocycles. The lowest BCUT2D eigenvalue weighted by Gasteiger charge is -2.47. The molecule has 0 saturated carbocycles. The van der Waals surface area contributed by atoms with E-state index in [1.807, 2.05) is 109 Å². The molecule has 0 aliphatic rings. The molecule has 13 N–H and O–H groups in total. The Morgan fingerprint density at radius 3 is 1.76 bits per heavy atom. The van der Waals surface area contributed by atoms with Crippen LogP contribution in [0.3, 0.4) is 0 Å². The van der Waals surface area contributed by atoms with Crippen LogP contribution in [0.5, 0.6) is 0 Å². The molecule has 2 aromatic carbocycles. The fraction of sp³-hybridized carbons (Fsp3) is 0.433. The van der Waals surface area contributed by atoms with Gasteiger partial charge in [0.05, 0.1) is 42.9 Å². The van der Waals surface area contributed by atoms with Gasteiger partial charge in [-0.05, 0) is 43.0 Å². The van der Waals surface area contributed by atoms with Gasteiger partial charge in [-0.25, -0.2) is 0 Å². The molecule has 0 heterocycles. The molecule has 2 aromatic rings. The molecule has 13 nitrogen and oxygen atoms in total. The third-order valence-electron chi connectivity index (χ3n) is 12.2. The minimum atomic E-state index is -1.52. The number of carbonyl (C=O) groups excluding carboxylic acids is 4. The first-order valence-electron chi connectivity index (χ1n) is 19.1. The number of hydrogen-bond donors (Lipinski definition) is 9. The molecule has 0 fully saturated rings. The second-order valence-electron chi connectivity index (χ2n) is 17.3. The van der Waals surface area contributed by atoms with Gasteiger partial charge in [0.25, 0.3) is 0 Å². The zero-order chi connectivity index (χ0) is 42.3. The molecule has 0 radical (unpaired) electrons. The summed E-state index contributed by atoms with van der Waals surface area (Å²) in [4.78, 5) is 56.1. The summed E-state index contributed by atoms with van der Waals surface area (Å²) in [6.45, 7) is 0.607. The summed E-state index contributed by atoms with van der Waals surface area (Å²) in [7, 11) is 23.5. The Labute approximate surface area is 338 Å². The molecule has 4 atom stereocenters. The zero-order valence-electron chi connectivity index (χ0n) is 35.3. The average Bonchev–Trinajstić information content (AvgIpc) is 3.09. The second-order valence-corrected chi connectivity index (χ2v) is 17.3. The van der Waals surface area contributed by atoms with Crippen LogP contribution in [0, 0.1) is 5.41 Å². The number of guanidine groups is 1. The third kappa shape index (κ3) is 11.7. The summed E-state index contributed by atoms with van der Waals surface area (Å²) in [5, 5.41) is 17.0. The second kappa shape index (κ2) is 19.0. The first-order chi connectivity index (χ1) is 25.2. The van der Waals surface area contributed by atoms with Crippen molar-refractivity contribution in [1.29, 1.82) is 5.41 Å². The standard InChI is InChI=1S/C30H57B12N9O4/c31-16-15(17(32)19(34)20(35)18(16)33)30(41,42)21(24(54)51-27(36,25(45)55)10-28(37,38)29(39,40)11-43)50-23(53)14(7-4-8-48-26(46)47)49-22(52)13(44)9-12-5-2-1-3-6-12/h1-3,5-6,13-14,21H,4,7-11,31-44H2,(H2,45,55)(H,49,52)(H,50,53)(H,51,54)(H4,46,47,48)/t13-,14+,21+,27-/m0/s1. The smallest absolute Gasteiger partial charge is 0.243 e. The zero-order valence-corrected chi connectivity index (χ0v) is 35.3. The highest BCUT2D eigenvalue weighted by atomic mass is 16.2. The van der Waals surface area contributed by atoms with E-state index >= 15 is 0 Å². The van der Waals surface area contributed by atoms with E-state index in [9.17, 15) is 19.2 Å². The summed E-state index contributed by atoms with van der Waals surface area (Å²) in [5.41, 5.74) is 29.5. The number of primary amides is 1. The molecular weight excluding hydrogens is 680 g/mol. The van der Waals surface area contributed by atoms with Gasteiger partial charge >= 0.3 is 0 Å². The number of amides is 4. The molecule has 25 heteroatoms. The van der Waals surface area contributed by atoms with E-state index in [0.29, 0.717) is 13.0 Å². The minimum absolute atomic E-state index is 0.146. The maximum atomic E-state index is 14.9. The van der Waals surface area contributed by atoms with Crippen molar-refractivity contribution in [3.63, 3.8) is 0 Å². The summed E-state index contributed by atoms with van der Waals surface area (Å²) in [5.74, 6) is -2.71. The SMILES string of the molecule is Bc1c(B)c(B)c(C(B)(B)[C@H](NC(=O)[C@@H](CCCNC(=N)N)NC(=O)[C@@H](N)Cc2ccccc2)C(=O)N[C@@](B)(CC(B)(B)C(B)(B)CN)C(N)=O)c(B)c1B. The highest BCUT2D eigenvalue weighted by Crippen LogP contribution is 2.45. The highest BCUT2D eigenvalue weighted by molar-refractivity contribution is 6.68. The van der Waals surface area contributed by atoms with Crippen molar-refractivity contribution < 1.29 is 19.2 Å². The van der Waals surface area contributed by atoms with E-state index < -0.39 is 62.8 Å². The van der Waals surface area contributed by atoms with Gasteiger partial charge in [0.1, 0.15) is 74.9 Å². The van der Waals surface area contributed by atoms with Crippen molar-refractivity contribution >= 4 is 151 Å². The van der Waals surface area contributed by atoms with Crippen LogP contribution in [-0.2, 0) is 30.8 Å². The molecule has 282 valence electrons. The normalized spacial score (nSPS) is 14.7. The van der Waals surface area contributed by atoms with Gasteiger partial charge in [0, 0.05) is 6.54 Å². The number of hydrogen-bond acceptors (Lipinski definition) is 7. The first kappa shape index (κ1) is 47.4. The van der Waals surface area contributed by atoms with Gasteiger partial charge < -0.3 is 44.2 Å².